The Balaban J connectivity index is 1.92. The Kier molecular flexibility index (Phi) is 1.48. The molecule has 1 heterocycles. The third kappa shape index (κ3) is 0.968. The molecule has 1 aliphatic heterocycles. The van der Waals surface area contributed by atoms with Crippen LogP contribution in [-0.4, -0.2) is 12.6 Å². The van der Waals surface area contributed by atoms with E-state index in [0.717, 1.165) is 23.8 Å². The van der Waals surface area contributed by atoms with E-state index in [9.17, 15) is 0 Å². The lowest BCUT2D eigenvalue weighted by Crippen LogP contribution is -2.28. The van der Waals surface area contributed by atoms with Gasteiger partial charge in [-0.05, 0) is 37.1 Å². The third-order valence-corrected chi connectivity index (χ3v) is 3.23. The summed E-state index contributed by atoms with van der Waals surface area (Å²) in [5.74, 6) is 2.98. The van der Waals surface area contributed by atoms with E-state index in [1.165, 1.54) is 19.4 Å². The lowest BCUT2D eigenvalue weighted by atomic mass is 9.98. The van der Waals surface area contributed by atoms with Crippen LogP contribution in [0.1, 0.15) is 26.7 Å². The summed E-state index contributed by atoms with van der Waals surface area (Å²) in [7, 11) is 0. The van der Waals surface area contributed by atoms with Crippen LogP contribution < -0.4 is 5.32 Å². The zero-order valence-corrected chi connectivity index (χ0v) is 6.93. The maximum atomic E-state index is 3.60. The zero-order chi connectivity index (χ0) is 7.14. The fraction of sp³-hybridized carbons (Fsp3) is 1.00. The minimum Gasteiger partial charge on any atom is -0.313 e. The second-order valence-corrected chi connectivity index (χ2v) is 4.12. The van der Waals surface area contributed by atoms with Gasteiger partial charge >= 0.3 is 0 Å². The minimum atomic E-state index is 0.870. The monoisotopic (exact) mass is 139 g/mol. The molecule has 0 bridgehead atoms. The van der Waals surface area contributed by atoms with Gasteiger partial charge in [0.05, 0.1) is 0 Å². The van der Waals surface area contributed by atoms with Crippen molar-refractivity contribution in [1.82, 2.24) is 5.32 Å². The molecule has 2 rings (SSSR count). The van der Waals surface area contributed by atoms with Crippen LogP contribution in [0, 0.1) is 17.8 Å². The van der Waals surface area contributed by atoms with E-state index in [1.54, 1.807) is 0 Å². The van der Waals surface area contributed by atoms with Crippen LogP contribution in [-0.2, 0) is 0 Å². The smallest absolute Gasteiger partial charge is 0.0124 e. The number of rotatable bonds is 1. The van der Waals surface area contributed by atoms with Crippen LogP contribution in [0.15, 0.2) is 0 Å². The van der Waals surface area contributed by atoms with Gasteiger partial charge in [0.15, 0.2) is 0 Å². The summed E-state index contributed by atoms with van der Waals surface area (Å²) in [6.45, 7) is 6.02. The predicted octanol–water partition coefficient (Wildman–Crippen LogP) is 1.64. The molecule has 4 unspecified atom stereocenters. The first-order chi connectivity index (χ1) is 4.79. The van der Waals surface area contributed by atoms with Crippen molar-refractivity contribution >= 4 is 0 Å². The standard InChI is InChI=1S/C9H17N/c1-6-3-4-10-9(6)8-5-7(8)2/h6-10H,3-5H2,1-2H3. The summed E-state index contributed by atoms with van der Waals surface area (Å²) in [6.07, 6.45) is 2.87. The largest absolute Gasteiger partial charge is 0.313 e. The molecule has 0 aromatic carbocycles. The summed E-state index contributed by atoms with van der Waals surface area (Å²) in [6, 6.07) is 0.870. The summed E-state index contributed by atoms with van der Waals surface area (Å²) in [5.41, 5.74) is 0. The summed E-state index contributed by atoms with van der Waals surface area (Å²) >= 11 is 0. The van der Waals surface area contributed by atoms with Gasteiger partial charge in [-0.1, -0.05) is 13.8 Å². The summed E-state index contributed by atoms with van der Waals surface area (Å²) < 4.78 is 0. The van der Waals surface area contributed by atoms with Crippen LogP contribution in [0.2, 0.25) is 0 Å². The number of nitrogens with one attached hydrogen (secondary N) is 1. The Labute approximate surface area is 63.2 Å². The van der Waals surface area contributed by atoms with E-state index in [0.29, 0.717) is 0 Å². The van der Waals surface area contributed by atoms with Crippen molar-refractivity contribution in [2.24, 2.45) is 17.8 Å². The first kappa shape index (κ1) is 6.66. The fourth-order valence-electron chi connectivity index (χ4n) is 2.28. The van der Waals surface area contributed by atoms with Gasteiger partial charge in [-0.25, -0.2) is 0 Å². The van der Waals surface area contributed by atoms with E-state index in [4.69, 9.17) is 0 Å². The van der Waals surface area contributed by atoms with Crippen LogP contribution in [0.4, 0.5) is 0 Å². The average Bonchev–Trinajstić information content (AvgIpc) is 2.42. The maximum absolute atomic E-state index is 3.60. The molecule has 1 N–H and O–H groups in total. The molecule has 58 valence electrons. The van der Waals surface area contributed by atoms with Crippen LogP contribution in [0.5, 0.6) is 0 Å². The highest BCUT2D eigenvalue weighted by Crippen LogP contribution is 2.44. The fourth-order valence-corrected chi connectivity index (χ4v) is 2.28. The molecule has 1 aliphatic carbocycles. The predicted molar refractivity (Wildman–Crippen MR) is 42.8 cm³/mol. The van der Waals surface area contributed by atoms with Crippen molar-refractivity contribution in [1.29, 1.82) is 0 Å². The van der Waals surface area contributed by atoms with Gasteiger partial charge in [0.25, 0.3) is 0 Å². The molecule has 2 fully saturated rings. The quantitative estimate of drug-likeness (QED) is 0.582. The van der Waals surface area contributed by atoms with Crippen LogP contribution in [0.3, 0.4) is 0 Å². The molecule has 10 heavy (non-hydrogen) atoms. The summed E-state index contributed by atoms with van der Waals surface area (Å²) in [5, 5.41) is 3.60. The van der Waals surface area contributed by atoms with E-state index < -0.39 is 0 Å². The van der Waals surface area contributed by atoms with E-state index in [1.807, 2.05) is 0 Å². The van der Waals surface area contributed by atoms with Gasteiger partial charge in [0, 0.05) is 6.04 Å². The molecule has 0 amide bonds. The molecule has 1 saturated carbocycles. The van der Waals surface area contributed by atoms with Gasteiger partial charge in [0.1, 0.15) is 0 Å². The lowest BCUT2D eigenvalue weighted by molar-refractivity contribution is 0.420. The molecule has 1 saturated heterocycles. The number of hydrogen-bond donors (Lipinski definition) is 1. The van der Waals surface area contributed by atoms with Gasteiger partial charge in [0.2, 0.25) is 0 Å². The topological polar surface area (TPSA) is 12.0 Å². The average molecular weight is 139 g/mol. The lowest BCUT2D eigenvalue weighted by Gasteiger charge is -2.14. The molecule has 0 spiro atoms. The van der Waals surface area contributed by atoms with Gasteiger partial charge < -0.3 is 5.32 Å². The highest BCUT2D eigenvalue weighted by Gasteiger charge is 2.43. The van der Waals surface area contributed by atoms with Crippen molar-refractivity contribution in [3.8, 4) is 0 Å². The first-order valence-corrected chi connectivity index (χ1v) is 4.52. The normalized spacial score (nSPS) is 53.4. The van der Waals surface area contributed by atoms with E-state index >= 15 is 0 Å². The zero-order valence-electron chi connectivity index (χ0n) is 6.93. The molecule has 1 nitrogen and oxygen atoms in total. The van der Waals surface area contributed by atoms with Crippen LogP contribution in [0.25, 0.3) is 0 Å². The Morgan fingerprint density at radius 2 is 1.90 bits per heavy atom. The molecule has 0 aromatic rings. The molecule has 0 radical (unpaired) electrons. The molecular weight excluding hydrogens is 122 g/mol. The molecule has 4 atom stereocenters. The third-order valence-electron chi connectivity index (χ3n) is 3.23. The van der Waals surface area contributed by atoms with Gasteiger partial charge in [-0.15, -0.1) is 0 Å². The molecule has 0 aromatic heterocycles. The van der Waals surface area contributed by atoms with Crippen molar-refractivity contribution in [3.05, 3.63) is 0 Å². The highest BCUT2D eigenvalue weighted by atomic mass is 15.0. The second-order valence-electron chi connectivity index (χ2n) is 4.12. The molecule has 2 aliphatic rings. The van der Waals surface area contributed by atoms with E-state index in [-0.39, 0.29) is 0 Å². The summed E-state index contributed by atoms with van der Waals surface area (Å²) in [4.78, 5) is 0. The molecule has 1 heteroatoms. The highest BCUT2D eigenvalue weighted by molar-refractivity contribution is 4.97. The number of hydrogen-bond acceptors (Lipinski definition) is 1. The van der Waals surface area contributed by atoms with Gasteiger partial charge in [-0.2, -0.15) is 0 Å². The Bertz CT molecular complexity index is 133. The first-order valence-electron chi connectivity index (χ1n) is 4.52. The Hall–Kier alpha value is -0.0400. The maximum Gasteiger partial charge on any atom is 0.0124 e. The Morgan fingerprint density at radius 1 is 1.20 bits per heavy atom. The second kappa shape index (κ2) is 2.23. The minimum absolute atomic E-state index is 0.870. The van der Waals surface area contributed by atoms with Gasteiger partial charge in [-0.3, -0.25) is 0 Å². The van der Waals surface area contributed by atoms with Crippen LogP contribution >= 0.6 is 0 Å². The van der Waals surface area contributed by atoms with E-state index in [2.05, 4.69) is 19.2 Å². The SMILES string of the molecule is CC1CC1C1NCCC1C. The van der Waals surface area contributed by atoms with Crippen molar-refractivity contribution in [2.45, 2.75) is 32.7 Å². The van der Waals surface area contributed by atoms with Crippen molar-refractivity contribution in [3.63, 3.8) is 0 Å². The Morgan fingerprint density at radius 3 is 2.30 bits per heavy atom. The van der Waals surface area contributed by atoms with Crippen molar-refractivity contribution in [2.75, 3.05) is 6.54 Å². The van der Waals surface area contributed by atoms with Crippen molar-refractivity contribution < 1.29 is 0 Å². The molecular formula is C9H17N.